The summed E-state index contributed by atoms with van der Waals surface area (Å²) in [6.45, 7) is 0.887. The van der Waals surface area contributed by atoms with Crippen molar-refractivity contribution in [2.75, 3.05) is 18.4 Å². The van der Waals surface area contributed by atoms with E-state index in [4.69, 9.17) is 4.52 Å². The van der Waals surface area contributed by atoms with E-state index in [2.05, 4.69) is 26.1 Å². The van der Waals surface area contributed by atoms with Gasteiger partial charge in [0.15, 0.2) is 0 Å². The summed E-state index contributed by atoms with van der Waals surface area (Å²) in [6.07, 6.45) is -5.34. The number of carbonyl (C=O) groups is 1. The number of halogens is 4. The van der Waals surface area contributed by atoms with E-state index in [0.29, 0.717) is 41.6 Å². The van der Waals surface area contributed by atoms with Crippen LogP contribution < -0.4 is 16.0 Å². The highest BCUT2D eigenvalue weighted by Gasteiger charge is 2.34. The highest BCUT2D eigenvalue weighted by molar-refractivity contribution is 7.23. The number of nitrogens with zero attached hydrogens (tertiary/aromatic N) is 2. The van der Waals surface area contributed by atoms with Gasteiger partial charge in [0.25, 0.3) is 0 Å². The van der Waals surface area contributed by atoms with Crippen molar-refractivity contribution in [2.24, 2.45) is 0 Å². The Morgan fingerprint density at radius 1 is 1.27 bits per heavy atom. The molecular weight excluding hydrogens is 462 g/mol. The Morgan fingerprint density at radius 2 is 2.12 bits per heavy atom. The first-order valence-corrected chi connectivity index (χ1v) is 11.5. The molecule has 2 aliphatic heterocycles. The van der Waals surface area contributed by atoms with Crippen LogP contribution in [-0.4, -0.2) is 47.5 Å². The minimum absolute atomic E-state index is 0.0442. The zero-order valence-electron chi connectivity index (χ0n) is 17.3. The number of anilines is 1. The fraction of sp³-hybridized carbons (Fsp3) is 0.476. The second kappa shape index (κ2) is 8.56. The molecule has 0 aliphatic carbocycles. The maximum absolute atomic E-state index is 14.4. The molecule has 176 valence electrons. The van der Waals surface area contributed by atoms with Crippen molar-refractivity contribution < 1.29 is 26.9 Å². The van der Waals surface area contributed by atoms with Crippen LogP contribution in [0.1, 0.15) is 36.8 Å². The van der Waals surface area contributed by atoms with Gasteiger partial charge in [0.2, 0.25) is 17.6 Å². The summed E-state index contributed by atoms with van der Waals surface area (Å²) in [5, 5.41) is 13.2. The second-order valence-corrected chi connectivity index (χ2v) is 9.28. The molecule has 3 atom stereocenters. The van der Waals surface area contributed by atoms with Gasteiger partial charge in [-0.2, -0.15) is 18.2 Å². The third kappa shape index (κ3) is 4.54. The Kier molecular flexibility index (Phi) is 5.73. The molecule has 3 aromatic rings. The van der Waals surface area contributed by atoms with Crippen molar-refractivity contribution in [2.45, 2.75) is 50.1 Å². The maximum Gasteiger partial charge on any atom is 0.393 e. The van der Waals surface area contributed by atoms with Crippen LogP contribution in [0.5, 0.6) is 0 Å². The molecule has 3 N–H and O–H groups in total. The average molecular weight is 483 g/mol. The van der Waals surface area contributed by atoms with E-state index in [9.17, 15) is 22.4 Å². The second-order valence-electron chi connectivity index (χ2n) is 8.26. The fourth-order valence-corrected chi connectivity index (χ4v) is 5.51. The highest BCUT2D eigenvalue weighted by Crippen LogP contribution is 2.44. The number of piperidine rings is 1. The minimum Gasteiger partial charge on any atom is -0.378 e. The highest BCUT2D eigenvalue weighted by atomic mass is 32.1. The van der Waals surface area contributed by atoms with Crippen LogP contribution in [-0.2, 0) is 11.2 Å². The minimum atomic E-state index is -4.45. The molecule has 33 heavy (non-hydrogen) atoms. The number of benzene rings is 1. The van der Waals surface area contributed by atoms with E-state index >= 15 is 0 Å². The summed E-state index contributed by atoms with van der Waals surface area (Å²) in [5.74, 6) is 0.0709. The molecule has 0 bridgehead atoms. The van der Waals surface area contributed by atoms with E-state index in [1.165, 1.54) is 0 Å². The summed E-state index contributed by atoms with van der Waals surface area (Å²) in [4.78, 5) is 16.0. The van der Waals surface area contributed by atoms with Gasteiger partial charge in [0.05, 0.1) is 27.7 Å². The zero-order chi connectivity index (χ0) is 23.2. The predicted molar refractivity (Wildman–Crippen MR) is 115 cm³/mol. The lowest BCUT2D eigenvalue weighted by atomic mass is 10.0. The van der Waals surface area contributed by atoms with E-state index < -0.39 is 30.9 Å². The van der Waals surface area contributed by atoms with Gasteiger partial charge >= 0.3 is 6.18 Å². The van der Waals surface area contributed by atoms with E-state index in [-0.39, 0.29) is 34.6 Å². The first kappa shape index (κ1) is 22.1. The molecule has 5 rings (SSSR count). The largest absolute Gasteiger partial charge is 0.393 e. The topological polar surface area (TPSA) is 92.1 Å². The van der Waals surface area contributed by atoms with Crippen molar-refractivity contribution in [3.8, 4) is 10.7 Å². The molecule has 2 aliphatic rings. The summed E-state index contributed by atoms with van der Waals surface area (Å²) in [7, 11) is 0. The van der Waals surface area contributed by atoms with Crippen molar-refractivity contribution in [3.63, 3.8) is 0 Å². The van der Waals surface area contributed by atoms with Gasteiger partial charge in [-0.25, -0.2) is 4.39 Å². The van der Waals surface area contributed by atoms with Crippen LogP contribution in [0, 0.1) is 0 Å². The van der Waals surface area contributed by atoms with Crippen molar-refractivity contribution in [1.29, 1.82) is 0 Å². The summed E-state index contributed by atoms with van der Waals surface area (Å²) < 4.78 is 60.7. The molecular formula is C21H21F4N5O2S. The lowest BCUT2D eigenvalue weighted by Gasteiger charge is -2.28. The molecule has 2 fully saturated rings. The van der Waals surface area contributed by atoms with Gasteiger partial charge in [0, 0.05) is 13.0 Å². The number of nitrogens with one attached hydrogen (secondary N) is 3. The number of carbonyl (C=O) groups excluding carboxylic acids is 1. The molecule has 4 heterocycles. The fourth-order valence-electron chi connectivity index (χ4n) is 4.29. The number of fused-ring (bicyclic) bond motifs is 1. The number of thiophene rings is 1. The van der Waals surface area contributed by atoms with Crippen LogP contribution in [0.2, 0.25) is 0 Å². The van der Waals surface area contributed by atoms with Gasteiger partial charge < -0.3 is 20.5 Å². The van der Waals surface area contributed by atoms with E-state index in [1.54, 1.807) is 18.2 Å². The van der Waals surface area contributed by atoms with Crippen LogP contribution in [0.3, 0.4) is 0 Å². The number of aromatic nitrogens is 2. The smallest absolute Gasteiger partial charge is 0.378 e. The van der Waals surface area contributed by atoms with Crippen LogP contribution in [0.4, 0.5) is 23.2 Å². The Hall–Kier alpha value is -2.73. The van der Waals surface area contributed by atoms with Crippen molar-refractivity contribution in [1.82, 2.24) is 20.8 Å². The van der Waals surface area contributed by atoms with Crippen LogP contribution in [0.15, 0.2) is 22.7 Å². The lowest BCUT2D eigenvalue weighted by molar-refractivity contribution is -0.126. The third-order valence-corrected chi connectivity index (χ3v) is 7.16. The molecule has 12 heteroatoms. The Balaban J connectivity index is 1.55. The Morgan fingerprint density at radius 3 is 2.85 bits per heavy atom. The van der Waals surface area contributed by atoms with Crippen LogP contribution in [0.25, 0.3) is 20.8 Å². The van der Waals surface area contributed by atoms with Gasteiger partial charge in [-0.3, -0.25) is 4.79 Å². The number of amides is 1. The van der Waals surface area contributed by atoms with Gasteiger partial charge in [-0.15, -0.1) is 11.3 Å². The number of hydrogen-bond donors (Lipinski definition) is 3. The Labute approximate surface area is 189 Å². The standard InChI is InChI=1S/C21H21F4N5O2S/c22-12-9-26-7-6-13(12)27-14-3-1-2-10-11(8-21(23,24)25)18(33-17(10)14)19-29-20(32-30-19)15-4-5-16(31)28-15/h1-3,12-13,15,26-27H,4-9H2,(H,28,31)/t12-,13+,15+/m0/s1. The van der Waals surface area contributed by atoms with Crippen molar-refractivity contribution in [3.05, 3.63) is 29.7 Å². The monoisotopic (exact) mass is 483 g/mol. The molecule has 2 saturated heterocycles. The normalized spacial score (nSPS) is 23.8. The number of rotatable bonds is 5. The summed E-state index contributed by atoms with van der Waals surface area (Å²) in [6, 6.07) is 4.14. The third-order valence-electron chi connectivity index (χ3n) is 5.88. The number of hydrogen-bond acceptors (Lipinski definition) is 7. The molecule has 2 aromatic heterocycles. The molecule has 0 unspecified atom stereocenters. The number of alkyl halides is 4. The maximum atomic E-state index is 14.4. The molecule has 0 spiro atoms. The van der Waals surface area contributed by atoms with Gasteiger partial charge in [-0.05, 0) is 36.4 Å². The van der Waals surface area contributed by atoms with E-state index in [1.807, 2.05) is 0 Å². The average Bonchev–Trinajstić information content (AvgIpc) is 3.48. The SMILES string of the molecule is O=C1CC[C@H](c2nc(-c3sc4c(N[C@@H]5CCNC[C@@H]5F)cccc4c3CC(F)(F)F)no2)N1. The molecule has 1 amide bonds. The van der Waals surface area contributed by atoms with Crippen LogP contribution >= 0.6 is 11.3 Å². The summed E-state index contributed by atoms with van der Waals surface area (Å²) in [5.41, 5.74) is 0.629. The van der Waals surface area contributed by atoms with E-state index in [0.717, 1.165) is 11.3 Å². The first-order valence-electron chi connectivity index (χ1n) is 10.6. The molecule has 7 nitrogen and oxygen atoms in total. The summed E-state index contributed by atoms with van der Waals surface area (Å²) >= 11 is 1.12. The van der Waals surface area contributed by atoms with Crippen molar-refractivity contribution >= 4 is 33.0 Å². The molecule has 1 aromatic carbocycles. The van der Waals surface area contributed by atoms with Gasteiger partial charge in [0.1, 0.15) is 12.2 Å². The lowest BCUT2D eigenvalue weighted by Crippen LogP contribution is -2.45. The zero-order valence-corrected chi connectivity index (χ0v) is 18.2. The Bertz CT molecular complexity index is 1180. The molecule has 0 saturated carbocycles. The van der Waals surface area contributed by atoms with Gasteiger partial charge in [-0.1, -0.05) is 17.3 Å². The predicted octanol–water partition coefficient (Wildman–Crippen LogP) is 4.12. The quantitative estimate of drug-likeness (QED) is 0.473. The molecule has 0 radical (unpaired) electrons. The first-order chi connectivity index (χ1) is 15.8.